The third-order valence-corrected chi connectivity index (χ3v) is 3.97. The SMILES string of the molecule is O=C(c1cn[nH]c1)c1cccc(NCCCN2CCOCC2)c1. The molecule has 6 heteroatoms. The van der Waals surface area contributed by atoms with E-state index >= 15 is 0 Å². The number of aromatic nitrogens is 2. The first-order valence-electron chi connectivity index (χ1n) is 8.00. The van der Waals surface area contributed by atoms with Crippen molar-refractivity contribution in [3.05, 3.63) is 47.8 Å². The molecule has 1 fully saturated rings. The van der Waals surface area contributed by atoms with E-state index in [0.717, 1.165) is 51.5 Å². The summed E-state index contributed by atoms with van der Waals surface area (Å²) in [6, 6.07) is 7.61. The summed E-state index contributed by atoms with van der Waals surface area (Å²) in [5.41, 5.74) is 2.22. The zero-order valence-electron chi connectivity index (χ0n) is 13.1. The summed E-state index contributed by atoms with van der Waals surface area (Å²) in [7, 11) is 0. The van der Waals surface area contributed by atoms with Crippen molar-refractivity contribution in [2.75, 3.05) is 44.7 Å². The standard InChI is InChI=1S/C17H22N4O2/c22-17(15-12-19-20-13-15)14-3-1-4-16(11-14)18-5-2-6-21-7-9-23-10-8-21/h1,3-4,11-13,18H,2,5-10H2,(H,19,20). The van der Waals surface area contributed by atoms with E-state index < -0.39 is 0 Å². The number of benzene rings is 1. The van der Waals surface area contributed by atoms with Crippen molar-refractivity contribution in [2.24, 2.45) is 0 Å². The van der Waals surface area contributed by atoms with Gasteiger partial charge in [-0.05, 0) is 25.1 Å². The number of H-pyrrole nitrogens is 1. The first kappa shape index (κ1) is 15.7. The molecular weight excluding hydrogens is 292 g/mol. The van der Waals surface area contributed by atoms with Crippen molar-refractivity contribution < 1.29 is 9.53 Å². The van der Waals surface area contributed by atoms with Crippen LogP contribution in [0.25, 0.3) is 0 Å². The largest absolute Gasteiger partial charge is 0.385 e. The number of nitrogens with zero attached hydrogens (tertiary/aromatic N) is 2. The van der Waals surface area contributed by atoms with Gasteiger partial charge < -0.3 is 10.1 Å². The van der Waals surface area contributed by atoms with Crippen LogP contribution in [-0.2, 0) is 4.74 Å². The summed E-state index contributed by atoms with van der Waals surface area (Å²) >= 11 is 0. The third-order valence-electron chi connectivity index (χ3n) is 3.97. The second kappa shape index (κ2) is 7.89. The topological polar surface area (TPSA) is 70.2 Å². The van der Waals surface area contributed by atoms with E-state index in [1.165, 1.54) is 0 Å². The number of carbonyl (C=O) groups is 1. The molecule has 0 saturated carbocycles. The van der Waals surface area contributed by atoms with Crippen molar-refractivity contribution in [2.45, 2.75) is 6.42 Å². The van der Waals surface area contributed by atoms with Crippen LogP contribution >= 0.6 is 0 Å². The number of ketones is 1. The monoisotopic (exact) mass is 314 g/mol. The number of rotatable bonds is 7. The number of aromatic amines is 1. The Morgan fingerprint density at radius 1 is 1.30 bits per heavy atom. The zero-order valence-corrected chi connectivity index (χ0v) is 13.1. The van der Waals surface area contributed by atoms with E-state index in [2.05, 4.69) is 20.4 Å². The number of nitrogens with one attached hydrogen (secondary N) is 2. The number of morpholine rings is 1. The Bertz CT molecular complexity index is 621. The van der Waals surface area contributed by atoms with Crippen LogP contribution in [0.4, 0.5) is 5.69 Å². The maximum Gasteiger partial charge on any atom is 0.196 e. The molecule has 1 aliphatic rings. The summed E-state index contributed by atoms with van der Waals surface area (Å²) in [6.45, 7) is 5.69. The van der Waals surface area contributed by atoms with Gasteiger partial charge in [-0.2, -0.15) is 5.10 Å². The Labute approximate surface area is 135 Å². The van der Waals surface area contributed by atoms with Crippen LogP contribution < -0.4 is 5.32 Å². The van der Waals surface area contributed by atoms with Crippen molar-refractivity contribution in [1.29, 1.82) is 0 Å². The number of ether oxygens (including phenoxy) is 1. The fourth-order valence-corrected chi connectivity index (χ4v) is 2.67. The molecule has 3 rings (SSSR count). The normalized spacial score (nSPS) is 15.5. The van der Waals surface area contributed by atoms with Gasteiger partial charge in [0, 0.05) is 37.1 Å². The maximum atomic E-state index is 12.3. The van der Waals surface area contributed by atoms with Gasteiger partial charge in [-0.3, -0.25) is 14.8 Å². The second-order valence-electron chi connectivity index (χ2n) is 5.63. The molecule has 122 valence electrons. The number of hydrogen-bond donors (Lipinski definition) is 2. The number of anilines is 1. The quantitative estimate of drug-likeness (QED) is 0.602. The predicted octanol–water partition coefficient (Wildman–Crippen LogP) is 1.77. The van der Waals surface area contributed by atoms with Crippen LogP contribution in [0.15, 0.2) is 36.7 Å². The Balaban J connectivity index is 1.48. The van der Waals surface area contributed by atoms with Crippen LogP contribution in [0.2, 0.25) is 0 Å². The summed E-state index contributed by atoms with van der Waals surface area (Å²) < 4.78 is 5.35. The molecule has 1 saturated heterocycles. The average molecular weight is 314 g/mol. The first-order valence-corrected chi connectivity index (χ1v) is 8.00. The fourth-order valence-electron chi connectivity index (χ4n) is 2.67. The summed E-state index contributed by atoms with van der Waals surface area (Å²) in [5, 5.41) is 9.88. The minimum Gasteiger partial charge on any atom is -0.385 e. The van der Waals surface area contributed by atoms with Gasteiger partial charge in [-0.1, -0.05) is 12.1 Å². The zero-order chi connectivity index (χ0) is 15.9. The maximum absolute atomic E-state index is 12.3. The minimum atomic E-state index is -0.0179. The highest BCUT2D eigenvalue weighted by Crippen LogP contribution is 2.14. The van der Waals surface area contributed by atoms with E-state index in [-0.39, 0.29) is 5.78 Å². The van der Waals surface area contributed by atoms with Crippen LogP contribution in [0.3, 0.4) is 0 Å². The molecule has 0 amide bonds. The molecule has 2 aromatic rings. The average Bonchev–Trinajstić information content (AvgIpc) is 3.14. The van der Waals surface area contributed by atoms with E-state index in [0.29, 0.717) is 11.1 Å². The van der Waals surface area contributed by atoms with E-state index in [1.807, 2.05) is 24.3 Å². The molecule has 1 aliphatic heterocycles. The van der Waals surface area contributed by atoms with Crippen LogP contribution in [0.1, 0.15) is 22.3 Å². The highest BCUT2D eigenvalue weighted by atomic mass is 16.5. The van der Waals surface area contributed by atoms with E-state index in [1.54, 1.807) is 12.4 Å². The van der Waals surface area contributed by atoms with Crippen LogP contribution in [-0.4, -0.2) is 60.3 Å². The summed E-state index contributed by atoms with van der Waals surface area (Å²) in [5.74, 6) is -0.0179. The lowest BCUT2D eigenvalue weighted by Crippen LogP contribution is -2.37. The third kappa shape index (κ3) is 4.40. The molecule has 23 heavy (non-hydrogen) atoms. The molecule has 6 nitrogen and oxygen atoms in total. The lowest BCUT2D eigenvalue weighted by molar-refractivity contribution is 0.0378. The molecule has 0 spiro atoms. The Morgan fingerprint density at radius 2 is 2.17 bits per heavy atom. The Kier molecular flexibility index (Phi) is 5.39. The number of hydrogen-bond acceptors (Lipinski definition) is 5. The van der Waals surface area contributed by atoms with Gasteiger partial charge in [-0.25, -0.2) is 0 Å². The van der Waals surface area contributed by atoms with Gasteiger partial charge in [0.1, 0.15) is 0 Å². The molecule has 0 bridgehead atoms. The van der Waals surface area contributed by atoms with E-state index in [9.17, 15) is 4.79 Å². The van der Waals surface area contributed by atoms with Gasteiger partial charge >= 0.3 is 0 Å². The van der Waals surface area contributed by atoms with Crippen molar-refractivity contribution in [3.8, 4) is 0 Å². The molecule has 0 unspecified atom stereocenters. The van der Waals surface area contributed by atoms with Crippen LogP contribution in [0, 0.1) is 0 Å². The number of carbonyl (C=O) groups excluding carboxylic acids is 1. The molecular formula is C17H22N4O2. The molecule has 1 aromatic heterocycles. The molecule has 2 heterocycles. The molecule has 0 aliphatic carbocycles. The minimum absolute atomic E-state index is 0.0179. The highest BCUT2D eigenvalue weighted by molar-refractivity contribution is 6.09. The molecule has 1 aromatic carbocycles. The molecule has 2 N–H and O–H groups in total. The first-order chi connectivity index (χ1) is 11.3. The summed E-state index contributed by atoms with van der Waals surface area (Å²) in [6.07, 6.45) is 4.23. The van der Waals surface area contributed by atoms with Crippen molar-refractivity contribution in [1.82, 2.24) is 15.1 Å². The predicted molar refractivity (Wildman–Crippen MR) is 88.8 cm³/mol. The van der Waals surface area contributed by atoms with Crippen molar-refractivity contribution >= 4 is 11.5 Å². The second-order valence-corrected chi connectivity index (χ2v) is 5.63. The van der Waals surface area contributed by atoms with Gasteiger partial charge in [0.15, 0.2) is 5.78 Å². The lowest BCUT2D eigenvalue weighted by Gasteiger charge is -2.26. The Hall–Kier alpha value is -2.18. The lowest BCUT2D eigenvalue weighted by atomic mass is 10.1. The van der Waals surface area contributed by atoms with Gasteiger partial charge in [0.2, 0.25) is 0 Å². The van der Waals surface area contributed by atoms with Gasteiger partial charge in [0.05, 0.1) is 25.0 Å². The van der Waals surface area contributed by atoms with E-state index in [4.69, 9.17) is 4.74 Å². The van der Waals surface area contributed by atoms with Gasteiger partial charge in [-0.15, -0.1) is 0 Å². The van der Waals surface area contributed by atoms with Crippen molar-refractivity contribution in [3.63, 3.8) is 0 Å². The molecule has 0 radical (unpaired) electrons. The summed E-state index contributed by atoms with van der Waals surface area (Å²) in [4.78, 5) is 14.7. The van der Waals surface area contributed by atoms with Crippen LogP contribution in [0.5, 0.6) is 0 Å². The Morgan fingerprint density at radius 3 is 2.96 bits per heavy atom. The fraction of sp³-hybridized carbons (Fsp3) is 0.412. The molecule has 0 atom stereocenters. The highest BCUT2D eigenvalue weighted by Gasteiger charge is 2.11. The van der Waals surface area contributed by atoms with Gasteiger partial charge in [0.25, 0.3) is 0 Å². The smallest absolute Gasteiger partial charge is 0.196 e.